The third kappa shape index (κ3) is 9.43. The third-order valence-electron chi connectivity index (χ3n) is 3.80. The van der Waals surface area contributed by atoms with E-state index in [1.165, 1.54) is 19.4 Å². The van der Waals surface area contributed by atoms with Crippen LogP contribution in [0.1, 0.15) is 44.4 Å². The molecule has 2 N–H and O–H groups in total. The molecule has 1 aromatic heterocycles. The van der Waals surface area contributed by atoms with Crippen LogP contribution in [0.25, 0.3) is 0 Å². The molecule has 130 valence electrons. The van der Waals surface area contributed by atoms with Gasteiger partial charge in [-0.2, -0.15) is 0 Å². The zero-order valence-electron chi connectivity index (χ0n) is 14.7. The predicted octanol–water partition coefficient (Wildman–Crippen LogP) is 2.09. The van der Waals surface area contributed by atoms with Crippen molar-refractivity contribution in [3.8, 4) is 0 Å². The maximum absolute atomic E-state index is 8.73. The fourth-order valence-corrected chi connectivity index (χ4v) is 2.35. The van der Waals surface area contributed by atoms with Gasteiger partial charge >= 0.3 is 0 Å². The van der Waals surface area contributed by atoms with E-state index in [-0.39, 0.29) is 6.61 Å². The molecule has 0 saturated carbocycles. The Balaban J connectivity index is 2.21. The molecule has 0 amide bonds. The second-order valence-electron chi connectivity index (χ2n) is 5.60. The molecule has 0 aliphatic carbocycles. The molecule has 5 nitrogen and oxygen atoms in total. The summed E-state index contributed by atoms with van der Waals surface area (Å²) in [7, 11) is 0. The molecular formula is C18H32N4O. The van der Waals surface area contributed by atoms with Gasteiger partial charge in [-0.1, -0.05) is 13.8 Å². The van der Waals surface area contributed by atoms with E-state index in [2.05, 4.69) is 40.1 Å². The Hall–Kier alpha value is -1.30. The normalized spacial score (nSPS) is 11.7. The highest BCUT2D eigenvalue weighted by Gasteiger charge is 1.99. The van der Waals surface area contributed by atoms with E-state index in [0.717, 1.165) is 37.4 Å². The summed E-state index contributed by atoms with van der Waals surface area (Å²) in [5, 5.41) is 12.2. The van der Waals surface area contributed by atoms with E-state index in [0.29, 0.717) is 13.0 Å². The number of hydrogen-bond acceptors (Lipinski definition) is 5. The first-order valence-electron chi connectivity index (χ1n) is 8.78. The molecule has 0 radical (unpaired) electrons. The predicted molar refractivity (Wildman–Crippen MR) is 97.1 cm³/mol. The molecule has 1 aromatic rings. The van der Waals surface area contributed by atoms with E-state index in [4.69, 9.17) is 5.11 Å². The van der Waals surface area contributed by atoms with Crippen LogP contribution in [0.4, 0.5) is 0 Å². The van der Waals surface area contributed by atoms with E-state index >= 15 is 0 Å². The minimum atomic E-state index is 0.192. The van der Waals surface area contributed by atoms with Gasteiger partial charge in [0.1, 0.15) is 0 Å². The van der Waals surface area contributed by atoms with Crippen molar-refractivity contribution >= 4 is 6.21 Å². The van der Waals surface area contributed by atoms with Crippen LogP contribution >= 0.6 is 0 Å². The Labute approximate surface area is 140 Å². The molecule has 0 atom stereocenters. The van der Waals surface area contributed by atoms with Crippen molar-refractivity contribution in [2.75, 3.05) is 39.3 Å². The summed E-state index contributed by atoms with van der Waals surface area (Å²) >= 11 is 0. The topological polar surface area (TPSA) is 60.8 Å². The number of nitrogens with one attached hydrogen (secondary N) is 1. The van der Waals surface area contributed by atoms with Crippen LogP contribution in [0.3, 0.4) is 0 Å². The van der Waals surface area contributed by atoms with E-state index in [9.17, 15) is 0 Å². The van der Waals surface area contributed by atoms with Crippen LogP contribution in [-0.2, 0) is 6.54 Å². The van der Waals surface area contributed by atoms with Gasteiger partial charge < -0.3 is 15.3 Å². The van der Waals surface area contributed by atoms with Crippen LogP contribution < -0.4 is 5.32 Å². The lowest BCUT2D eigenvalue weighted by Gasteiger charge is -2.17. The minimum absolute atomic E-state index is 0.192. The van der Waals surface area contributed by atoms with Crippen molar-refractivity contribution < 1.29 is 5.11 Å². The lowest BCUT2D eigenvalue weighted by atomic mass is 10.2. The number of unbranched alkanes of at least 4 members (excludes halogenated alkanes) is 1. The summed E-state index contributed by atoms with van der Waals surface area (Å²) in [6.07, 6.45) is 6.82. The molecular weight excluding hydrogens is 288 g/mol. The van der Waals surface area contributed by atoms with Gasteiger partial charge in [-0.05, 0) is 63.1 Å². The van der Waals surface area contributed by atoms with Gasteiger partial charge in [0.25, 0.3) is 0 Å². The van der Waals surface area contributed by atoms with Gasteiger partial charge in [-0.25, -0.2) is 0 Å². The number of hydrogen-bond donors (Lipinski definition) is 2. The fourth-order valence-electron chi connectivity index (χ4n) is 2.35. The SMILES string of the molecule is CCN(CC)CCCCNCc1cc(C=NCCCO)ccn1. The fraction of sp³-hybridized carbons (Fsp3) is 0.667. The van der Waals surface area contributed by atoms with Gasteiger partial charge in [0.05, 0.1) is 5.69 Å². The number of aliphatic hydroxyl groups is 1. The summed E-state index contributed by atoms with van der Waals surface area (Å²) in [4.78, 5) is 11.1. The molecule has 23 heavy (non-hydrogen) atoms. The lowest BCUT2D eigenvalue weighted by Crippen LogP contribution is -2.25. The number of pyridine rings is 1. The van der Waals surface area contributed by atoms with Crippen LogP contribution in [-0.4, -0.2) is 60.5 Å². The third-order valence-corrected chi connectivity index (χ3v) is 3.80. The Morgan fingerprint density at radius 2 is 2.09 bits per heavy atom. The molecule has 0 aliphatic heterocycles. The van der Waals surface area contributed by atoms with Gasteiger partial charge in [0.2, 0.25) is 0 Å². The maximum atomic E-state index is 8.73. The smallest absolute Gasteiger partial charge is 0.0548 e. The molecule has 1 rings (SSSR count). The average Bonchev–Trinajstić information content (AvgIpc) is 2.59. The van der Waals surface area contributed by atoms with Gasteiger partial charge in [0, 0.05) is 32.1 Å². The zero-order valence-corrected chi connectivity index (χ0v) is 14.7. The quantitative estimate of drug-likeness (QED) is 0.432. The van der Waals surface area contributed by atoms with Crippen molar-refractivity contribution in [3.63, 3.8) is 0 Å². The van der Waals surface area contributed by atoms with E-state index in [1.807, 2.05) is 18.5 Å². The van der Waals surface area contributed by atoms with Crippen molar-refractivity contribution in [2.24, 2.45) is 4.99 Å². The second kappa shape index (κ2) is 13.2. The summed E-state index contributed by atoms with van der Waals surface area (Å²) in [5.74, 6) is 0. The van der Waals surface area contributed by atoms with Crippen LogP contribution in [0.15, 0.2) is 23.3 Å². The van der Waals surface area contributed by atoms with E-state index in [1.54, 1.807) is 0 Å². The number of aliphatic hydroxyl groups excluding tert-OH is 1. The summed E-state index contributed by atoms with van der Waals surface area (Å²) in [6.45, 7) is 10.6. The summed E-state index contributed by atoms with van der Waals surface area (Å²) < 4.78 is 0. The average molecular weight is 320 g/mol. The van der Waals surface area contributed by atoms with Crippen molar-refractivity contribution in [1.29, 1.82) is 0 Å². The first kappa shape index (κ1) is 19.7. The highest BCUT2D eigenvalue weighted by Crippen LogP contribution is 2.00. The number of aliphatic imine (C=N–C) groups is 1. The maximum Gasteiger partial charge on any atom is 0.0548 e. The number of aromatic nitrogens is 1. The molecule has 5 heteroatoms. The van der Waals surface area contributed by atoms with E-state index < -0.39 is 0 Å². The summed E-state index contributed by atoms with van der Waals surface area (Å²) in [5.41, 5.74) is 2.11. The Bertz CT molecular complexity index is 433. The molecule has 0 aliphatic rings. The molecule has 0 aromatic carbocycles. The monoisotopic (exact) mass is 320 g/mol. The molecule has 1 heterocycles. The zero-order chi connectivity index (χ0) is 16.8. The second-order valence-corrected chi connectivity index (χ2v) is 5.60. The van der Waals surface area contributed by atoms with Crippen molar-refractivity contribution in [3.05, 3.63) is 29.6 Å². The molecule has 0 saturated heterocycles. The van der Waals surface area contributed by atoms with Gasteiger partial charge in [-0.3, -0.25) is 9.98 Å². The van der Waals surface area contributed by atoms with Crippen molar-refractivity contribution in [2.45, 2.75) is 39.7 Å². The van der Waals surface area contributed by atoms with Crippen LogP contribution in [0, 0.1) is 0 Å². The lowest BCUT2D eigenvalue weighted by molar-refractivity contribution is 0.291. The van der Waals surface area contributed by atoms with Crippen LogP contribution in [0.5, 0.6) is 0 Å². The van der Waals surface area contributed by atoms with Crippen LogP contribution in [0.2, 0.25) is 0 Å². The Morgan fingerprint density at radius 3 is 2.83 bits per heavy atom. The molecule has 0 fully saturated rings. The van der Waals surface area contributed by atoms with Crippen molar-refractivity contribution in [1.82, 2.24) is 15.2 Å². The number of nitrogens with zero attached hydrogens (tertiary/aromatic N) is 3. The Morgan fingerprint density at radius 1 is 1.26 bits per heavy atom. The standard InChI is InChI=1S/C18H32N4O/c1-3-22(4-2)12-6-5-9-20-16-18-14-17(8-11-21-18)15-19-10-7-13-23/h8,11,14-15,20,23H,3-7,9-10,12-13,16H2,1-2H3. The number of rotatable bonds is 13. The largest absolute Gasteiger partial charge is 0.396 e. The molecule has 0 unspecified atom stereocenters. The highest BCUT2D eigenvalue weighted by atomic mass is 16.3. The highest BCUT2D eigenvalue weighted by molar-refractivity contribution is 5.79. The Kier molecular flexibility index (Phi) is 11.3. The van der Waals surface area contributed by atoms with Gasteiger partial charge in [-0.15, -0.1) is 0 Å². The molecule has 0 bridgehead atoms. The minimum Gasteiger partial charge on any atom is -0.396 e. The summed E-state index contributed by atoms with van der Waals surface area (Å²) in [6, 6.07) is 4.02. The molecule has 0 spiro atoms. The first-order chi connectivity index (χ1) is 11.3. The van der Waals surface area contributed by atoms with Gasteiger partial charge in [0.15, 0.2) is 0 Å². The first-order valence-corrected chi connectivity index (χ1v) is 8.78.